The van der Waals surface area contributed by atoms with Gasteiger partial charge in [0.1, 0.15) is 5.75 Å². The average Bonchev–Trinajstić information content (AvgIpc) is 2.87. The van der Waals surface area contributed by atoms with Gasteiger partial charge in [-0.2, -0.15) is 0 Å². The van der Waals surface area contributed by atoms with E-state index in [0.717, 1.165) is 31.6 Å². The van der Waals surface area contributed by atoms with Gasteiger partial charge in [0, 0.05) is 18.6 Å². The molecule has 1 fully saturated rings. The minimum Gasteiger partial charge on any atom is -0.496 e. The van der Waals surface area contributed by atoms with E-state index < -0.39 is 0 Å². The largest absolute Gasteiger partial charge is 0.496 e. The number of rotatable bonds is 5. The third-order valence-electron chi connectivity index (χ3n) is 4.10. The topological polar surface area (TPSA) is 44.5 Å². The van der Waals surface area contributed by atoms with Crippen LogP contribution in [0, 0.1) is 12.8 Å². The predicted molar refractivity (Wildman–Crippen MR) is 77.5 cm³/mol. The lowest BCUT2D eigenvalue weighted by Gasteiger charge is -2.24. The van der Waals surface area contributed by atoms with E-state index in [2.05, 4.69) is 26.0 Å². The third-order valence-corrected chi connectivity index (χ3v) is 4.10. The number of aryl methyl sites for hydroxylation is 1. The molecule has 1 aromatic carbocycles. The Morgan fingerprint density at radius 3 is 2.95 bits per heavy atom. The molecule has 0 radical (unpaired) electrons. The van der Waals surface area contributed by atoms with Crippen LogP contribution in [0.4, 0.5) is 0 Å². The van der Waals surface area contributed by atoms with Gasteiger partial charge in [-0.1, -0.05) is 24.6 Å². The van der Waals surface area contributed by atoms with Gasteiger partial charge in [-0.15, -0.1) is 0 Å². The van der Waals surface area contributed by atoms with Crippen molar-refractivity contribution in [1.29, 1.82) is 0 Å². The van der Waals surface area contributed by atoms with Gasteiger partial charge in [-0.05, 0) is 37.8 Å². The standard InChI is InChI=1S/C16H25NO2/c1-4-15-13(7-8-19-15)14(17)10-12-9-11(2)5-6-16(12)18-3/h5-6,9,13-15H,4,7-8,10,17H2,1-3H3. The lowest BCUT2D eigenvalue weighted by molar-refractivity contribution is 0.0813. The van der Waals surface area contributed by atoms with Crippen molar-refractivity contribution in [2.75, 3.05) is 13.7 Å². The van der Waals surface area contributed by atoms with Crippen LogP contribution in [-0.4, -0.2) is 25.9 Å². The maximum absolute atomic E-state index is 6.42. The normalized spacial score (nSPS) is 24.4. The van der Waals surface area contributed by atoms with E-state index in [4.69, 9.17) is 15.2 Å². The van der Waals surface area contributed by atoms with Crippen molar-refractivity contribution >= 4 is 0 Å². The van der Waals surface area contributed by atoms with Gasteiger partial charge >= 0.3 is 0 Å². The Hall–Kier alpha value is -1.06. The zero-order valence-electron chi connectivity index (χ0n) is 12.2. The van der Waals surface area contributed by atoms with Crippen LogP contribution in [0.2, 0.25) is 0 Å². The van der Waals surface area contributed by atoms with Gasteiger partial charge < -0.3 is 15.2 Å². The Bertz CT molecular complexity index is 419. The molecular weight excluding hydrogens is 238 g/mol. The fourth-order valence-corrected chi connectivity index (χ4v) is 3.05. The number of methoxy groups -OCH3 is 1. The maximum Gasteiger partial charge on any atom is 0.122 e. The summed E-state index contributed by atoms with van der Waals surface area (Å²) in [4.78, 5) is 0. The summed E-state index contributed by atoms with van der Waals surface area (Å²) in [7, 11) is 1.72. The van der Waals surface area contributed by atoms with Gasteiger partial charge in [-0.25, -0.2) is 0 Å². The SMILES string of the molecule is CCC1OCCC1C(N)Cc1cc(C)ccc1OC. The lowest BCUT2D eigenvalue weighted by atomic mass is 9.87. The first-order valence-corrected chi connectivity index (χ1v) is 7.16. The van der Waals surface area contributed by atoms with Crippen molar-refractivity contribution in [1.82, 2.24) is 0 Å². The monoisotopic (exact) mass is 263 g/mol. The summed E-state index contributed by atoms with van der Waals surface area (Å²) in [6.07, 6.45) is 3.30. The number of hydrogen-bond donors (Lipinski definition) is 1. The summed E-state index contributed by atoms with van der Waals surface area (Å²) in [6, 6.07) is 6.42. The number of benzene rings is 1. The first kappa shape index (κ1) is 14.4. The molecule has 0 amide bonds. The molecule has 3 heteroatoms. The van der Waals surface area contributed by atoms with Crippen LogP contribution >= 0.6 is 0 Å². The Morgan fingerprint density at radius 1 is 1.47 bits per heavy atom. The predicted octanol–water partition coefficient (Wildman–Crippen LogP) is 2.69. The molecule has 1 aliphatic heterocycles. The van der Waals surface area contributed by atoms with Gasteiger partial charge in [0.05, 0.1) is 13.2 Å². The molecule has 106 valence electrons. The minimum atomic E-state index is 0.142. The van der Waals surface area contributed by atoms with E-state index in [0.29, 0.717) is 12.0 Å². The molecule has 1 aromatic rings. The zero-order chi connectivity index (χ0) is 13.8. The fourth-order valence-electron chi connectivity index (χ4n) is 3.05. The molecule has 0 aromatic heterocycles. The average molecular weight is 263 g/mol. The highest BCUT2D eigenvalue weighted by Crippen LogP contribution is 2.29. The lowest BCUT2D eigenvalue weighted by Crippen LogP contribution is -2.37. The molecule has 0 bridgehead atoms. The van der Waals surface area contributed by atoms with Gasteiger partial charge in [0.15, 0.2) is 0 Å². The molecule has 3 atom stereocenters. The van der Waals surface area contributed by atoms with E-state index in [1.807, 2.05) is 6.07 Å². The van der Waals surface area contributed by atoms with Crippen LogP contribution in [0.3, 0.4) is 0 Å². The second-order valence-electron chi connectivity index (χ2n) is 5.45. The van der Waals surface area contributed by atoms with E-state index in [-0.39, 0.29) is 6.04 Å². The quantitative estimate of drug-likeness (QED) is 0.888. The molecule has 1 heterocycles. The van der Waals surface area contributed by atoms with Crippen molar-refractivity contribution < 1.29 is 9.47 Å². The van der Waals surface area contributed by atoms with E-state index >= 15 is 0 Å². The van der Waals surface area contributed by atoms with Crippen LogP contribution in [0.25, 0.3) is 0 Å². The van der Waals surface area contributed by atoms with Crippen LogP contribution < -0.4 is 10.5 Å². The fraction of sp³-hybridized carbons (Fsp3) is 0.625. The Balaban J connectivity index is 2.09. The molecule has 1 aliphatic rings. The van der Waals surface area contributed by atoms with Gasteiger partial charge in [0.25, 0.3) is 0 Å². The summed E-state index contributed by atoms with van der Waals surface area (Å²) in [5.74, 6) is 1.41. The molecular formula is C16H25NO2. The zero-order valence-corrected chi connectivity index (χ0v) is 12.2. The minimum absolute atomic E-state index is 0.142. The van der Waals surface area contributed by atoms with Crippen molar-refractivity contribution in [3.05, 3.63) is 29.3 Å². The molecule has 2 rings (SSSR count). The van der Waals surface area contributed by atoms with Gasteiger partial charge in [0.2, 0.25) is 0 Å². The first-order chi connectivity index (χ1) is 9.15. The molecule has 0 saturated carbocycles. The summed E-state index contributed by atoms with van der Waals surface area (Å²) in [6.45, 7) is 5.12. The van der Waals surface area contributed by atoms with Crippen LogP contribution in [-0.2, 0) is 11.2 Å². The Morgan fingerprint density at radius 2 is 2.26 bits per heavy atom. The van der Waals surface area contributed by atoms with Crippen molar-refractivity contribution in [3.8, 4) is 5.75 Å². The summed E-state index contributed by atoms with van der Waals surface area (Å²) in [5, 5.41) is 0. The number of nitrogens with two attached hydrogens (primary N) is 1. The number of hydrogen-bond acceptors (Lipinski definition) is 3. The Kier molecular flexibility index (Phi) is 4.83. The summed E-state index contributed by atoms with van der Waals surface area (Å²) < 4.78 is 11.2. The molecule has 0 aliphatic carbocycles. The second-order valence-corrected chi connectivity index (χ2v) is 5.45. The summed E-state index contributed by atoms with van der Waals surface area (Å²) in [5.41, 5.74) is 8.87. The molecule has 19 heavy (non-hydrogen) atoms. The van der Waals surface area contributed by atoms with E-state index in [1.54, 1.807) is 7.11 Å². The van der Waals surface area contributed by atoms with Crippen LogP contribution in [0.15, 0.2) is 18.2 Å². The molecule has 2 N–H and O–H groups in total. The van der Waals surface area contributed by atoms with Crippen LogP contribution in [0.5, 0.6) is 5.75 Å². The van der Waals surface area contributed by atoms with Crippen molar-refractivity contribution in [3.63, 3.8) is 0 Å². The van der Waals surface area contributed by atoms with E-state index in [1.165, 1.54) is 11.1 Å². The smallest absolute Gasteiger partial charge is 0.122 e. The highest BCUT2D eigenvalue weighted by molar-refractivity contribution is 5.37. The van der Waals surface area contributed by atoms with Crippen LogP contribution in [0.1, 0.15) is 30.9 Å². The molecule has 3 nitrogen and oxygen atoms in total. The van der Waals surface area contributed by atoms with Crippen molar-refractivity contribution in [2.45, 2.75) is 45.3 Å². The second kappa shape index (κ2) is 6.40. The summed E-state index contributed by atoms with van der Waals surface area (Å²) >= 11 is 0. The van der Waals surface area contributed by atoms with Gasteiger partial charge in [-0.3, -0.25) is 0 Å². The number of ether oxygens (including phenoxy) is 2. The maximum atomic E-state index is 6.42. The molecule has 1 saturated heterocycles. The molecule has 0 spiro atoms. The third kappa shape index (κ3) is 3.28. The first-order valence-electron chi connectivity index (χ1n) is 7.16. The highest BCUT2D eigenvalue weighted by Gasteiger charge is 2.32. The molecule has 3 unspecified atom stereocenters. The highest BCUT2D eigenvalue weighted by atomic mass is 16.5. The van der Waals surface area contributed by atoms with E-state index in [9.17, 15) is 0 Å². The van der Waals surface area contributed by atoms with Crippen molar-refractivity contribution in [2.24, 2.45) is 11.7 Å². The Labute approximate surface area is 116 Å².